The fourth-order valence-electron chi connectivity index (χ4n) is 2.36. The Hall–Kier alpha value is -3.10. The van der Waals surface area contributed by atoms with Crippen molar-refractivity contribution in [1.29, 1.82) is 0 Å². The summed E-state index contributed by atoms with van der Waals surface area (Å²) in [5.74, 6) is 0.191. The van der Waals surface area contributed by atoms with Crippen molar-refractivity contribution in [1.82, 2.24) is 14.5 Å². The van der Waals surface area contributed by atoms with E-state index in [1.807, 2.05) is 0 Å². The molecule has 0 unspecified atom stereocenters. The molecule has 136 valence electrons. The molecule has 26 heavy (non-hydrogen) atoms. The number of hydrogen-bond donors (Lipinski definition) is 1. The molecular formula is C17H14F4N4O. The minimum atomic E-state index is -4.76. The van der Waals surface area contributed by atoms with Gasteiger partial charge in [-0.25, -0.2) is 14.4 Å². The van der Waals surface area contributed by atoms with Gasteiger partial charge in [-0.3, -0.25) is 0 Å². The third-order valence-electron chi connectivity index (χ3n) is 3.54. The van der Waals surface area contributed by atoms with Gasteiger partial charge in [-0.1, -0.05) is 6.07 Å². The van der Waals surface area contributed by atoms with Gasteiger partial charge in [0.25, 0.3) is 0 Å². The third kappa shape index (κ3) is 4.29. The van der Waals surface area contributed by atoms with Gasteiger partial charge in [0.2, 0.25) is 0 Å². The summed E-state index contributed by atoms with van der Waals surface area (Å²) in [5.41, 5.74) is 1.04. The topological polar surface area (TPSA) is 52.0 Å². The van der Waals surface area contributed by atoms with Crippen LogP contribution < -0.4 is 10.1 Å². The zero-order valence-corrected chi connectivity index (χ0v) is 13.6. The number of hydrogen-bond acceptors (Lipinski definition) is 4. The second kappa shape index (κ2) is 7.03. The van der Waals surface area contributed by atoms with Crippen LogP contribution in [0.15, 0.2) is 48.9 Å². The molecule has 0 amide bonds. The summed E-state index contributed by atoms with van der Waals surface area (Å²) in [6.45, 7) is 2.03. The number of imidazole rings is 1. The number of anilines is 1. The van der Waals surface area contributed by atoms with E-state index >= 15 is 0 Å². The second-order valence-electron chi connectivity index (χ2n) is 5.41. The van der Waals surface area contributed by atoms with E-state index in [4.69, 9.17) is 0 Å². The predicted octanol–water partition coefficient (Wildman–Crippen LogP) is 4.23. The highest BCUT2D eigenvalue weighted by molar-refractivity contribution is 5.41. The molecule has 0 spiro atoms. The lowest BCUT2D eigenvalue weighted by molar-refractivity contribution is -0.274. The van der Waals surface area contributed by atoms with E-state index in [0.29, 0.717) is 22.9 Å². The number of pyridine rings is 1. The molecule has 0 bridgehead atoms. The van der Waals surface area contributed by atoms with Gasteiger partial charge in [0.05, 0.1) is 11.9 Å². The van der Waals surface area contributed by atoms with Crippen molar-refractivity contribution in [2.75, 3.05) is 5.32 Å². The number of nitrogens with zero attached hydrogens (tertiary/aromatic N) is 3. The maximum absolute atomic E-state index is 14.3. The van der Waals surface area contributed by atoms with Gasteiger partial charge >= 0.3 is 6.36 Å². The van der Waals surface area contributed by atoms with Crippen molar-refractivity contribution in [3.8, 4) is 11.4 Å². The lowest BCUT2D eigenvalue weighted by Gasteiger charge is -2.11. The van der Waals surface area contributed by atoms with Crippen LogP contribution in [-0.2, 0) is 6.54 Å². The van der Waals surface area contributed by atoms with Gasteiger partial charge < -0.3 is 14.6 Å². The molecular weight excluding hydrogens is 352 g/mol. The van der Waals surface area contributed by atoms with Gasteiger partial charge in [-0.2, -0.15) is 0 Å². The molecule has 5 nitrogen and oxygen atoms in total. The number of aromatic nitrogens is 3. The fraction of sp³-hybridized carbons (Fsp3) is 0.176. The van der Waals surface area contributed by atoms with E-state index in [9.17, 15) is 17.6 Å². The van der Waals surface area contributed by atoms with Crippen molar-refractivity contribution in [2.24, 2.45) is 0 Å². The Labute approximate surface area is 146 Å². The van der Waals surface area contributed by atoms with Crippen LogP contribution in [-0.4, -0.2) is 20.9 Å². The molecule has 0 aliphatic carbocycles. The standard InChI is InChI=1S/C17H14F4N4O/c1-11-22-6-7-25(11)15-4-2-12(8-14(15)18)9-23-16-5-3-13(10-24-16)26-17(19,20)21/h2-8,10H,9H2,1H3,(H,23,24). The first-order valence-electron chi connectivity index (χ1n) is 7.56. The minimum absolute atomic E-state index is 0.257. The van der Waals surface area contributed by atoms with Crippen molar-refractivity contribution < 1.29 is 22.3 Å². The predicted molar refractivity (Wildman–Crippen MR) is 86.5 cm³/mol. The normalized spacial score (nSPS) is 11.4. The van der Waals surface area contributed by atoms with E-state index in [2.05, 4.69) is 20.0 Å². The summed E-state index contributed by atoms with van der Waals surface area (Å²) in [5, 5.41) is 2.91. The molecule has 9 heteroatoms. The van der Waals surface area contributed by atoms with Gasteiger partial charge in [0.15, 0.2) is 0 Å². The highest BCUT2D eigenvalue weighted by atomic mass is 19.4. The SMILES string of the molecule is Cc1nccn1-c1ccc(CNc2ccc(OC(F)(F)F)cn2)cc1F. The summed E-state index contributed by atoms with van der Waals surface area (Å²) in [4.78, 5) is 7.88. The van der Waals surface area contributed by atoms with E-state index in [-0.39, 0.29) is 6.54 Å². The van der Waals surface area contributed by atoms with E-state index in [0.717, 1.165) is 12.3 Å². The Bertz CT molecular complexity index is 891. The van der Waals surface area contributed by atoms with E-state index in [1.165, 1.54) is 12.1 Å². The number of rotatable bonds is 5. The zero-order chi connectivity index (χ0) is 18.7. The Morgan fingerprint density at radius 2 is 1.96 bits per heavy atom. The highest BCUT2D eigenvalue weighted by Gasteiger charge is 2.31. The summed E-state index contributed by atoms with van der Waals surface area (Å²) < 4.78 is 56.0. The van der Waals surface area contributed by atoms with Crippen LogP contribution in [0.25, 0.3) is 5.69 Å². The maximum atomic E-state index is 14.3. The van der Waals surface area contributed by atoms with Crippen molar-refractivity contribution in [3.63, 3.8) is 0 Å². The van der Waals surface area contributed by atoms with Gasteiger partial charge in [0.1, 0.15) is 23.2 Å². The lowest BCUT2D eigenvalue weighted by atomic mass is 10.2. The monoisotopic (exact) mass is 366 g/mol. The number of alkyl halides is 3. The van der Waals surface area contributed by atoms with Crippen molar-refractivity contribution >= 4 is 5.82 Å². The molecule has 0 atom stereocenters. The Balaban J connectivity index is 1.65. The minimum Gasteiger partial charge on any atom is -0.404 e. The molecule has 2 heterocycles. The quantitative estimate of drug-likeness (QED) is 0.687. The molecule has 3 aromatic rings. The third-order valence-corrected chi connectivity index (χ3v) is 3.54. The summed E-state index contributed by atoms with van der Waals surface area (Å²) in [6.07, 6.45) is -0.549. The zero-order valence-electron chi connectivity index (χ0n) is 13.6. The van der Waals surface area contributed by atoms with E-state index in [1.54, 1.807) is 36.0 Å². The van der Waals surface area contributed by atoms with Crippen LogP contribution in [0.5, 0.6) is 5.75 Å². The molecule has 0 fully saturated rings. The highest BCUT2D eigenvalue weighted by Crippen LogP contribution is 2.23. The van der Waals surface area contributed by atoms with E-state index < -0.39 is 17.9 Å². The Morgan fingerprint density at radius 1 is 1.15 bits per heavy atom. The van der Waals surface area contributed by atoms with Crippen LogP contribution in [0.4, 0.5) is 23.4 Å². The Morgan fingerprint density at radius 3 is 2.54 bits per heavy atom. The molecule has 0 saturated heterocycles. The molecule has 2 aromatic heterocycles. The number of benzene rings is 1. The van der Waals surface area contributed by atoms with Crippen LogP contribution in [0.2, 0.25) is 0 Å². The van der Waals surface area contributed by atoms with Crippen molar-refractivity contribution in [2.45, 2.75) is 19.8 Å². The van der Waals surface area contributed by atoms with Gasteiger partial charge in [0, 0.05) is 18.9 Å². The molecule has 1 N–H and O–H groups in total. The van der Waals surface area contributed by atoms with Gasteiger partial charge in [-0.15, -0.1) is 13.2 Å². The lowest BCUT2D eigenvalue weighted by Crippen LogP contribution is -2.17. The smallest absolute Gasteiger partial charge is 0.404 e. The van der Waals surface area contributed by atoms with Gasteiger partial charge in [-0.05, 0) is 36.8 Å². The molecule has 0 aliphatic heterocycles. The number of ether oxygens (including phenoxy) is 1. The molecule has 1 aromatic carbocycles. The Kier molecular flexibility index (Phi) is 4.79. The first-order chi connectivity index (χ1) is 12.3. The molecule has 3 rings (SSSR count). The summed E-state index contributed by atoms with van der Waals surface area (Å²) in [7, 11) is 0. The maximum Gasteiger partial charge on any atom is 0.573 e. The largest absolute Gasteiger partial charge is 0.573 e. The average molecular weight is 366 g/mol. The van der Waals surface area contributed by atoms with Crippen molar-refractivity contribution in [3.05, 3.63) is 66.1 Å². The first-order valence-corrected chi connectivity index (χ1v) is 7.56. The second-order valence-corrected chi connectivity index (χ2v) is 5.41. The average Bonchev–Trinajstić information content (AvgIpc) is 2.99. The first kappa shape index (κ1) is 17.7. The van der Waals surface area contributed by atoms with Crippen LogP contribution in [0.1, 0.15) is 11.4 Å². The van der Waals surface area contributed by atoms with Crippen LogP contribution >= 0.6 is 0 Å². The molecule has 0 aliphatic rings. The molecule has 0 saturated carbocycles. The number of aryl methyl sites for hydroxylation is 1. The molecule has 0 radical (unpaired) electrons. The van der Waals surface area contributed by atoms with Crippen LogP contribution in [0.3, 0.4) is 0 Å². The summed E-state index contributed by atoms with van der Waals surface area (Å²) >= 11 is 0. The number of halogens is 4. The summed E-state index contributed by atoms with van der Waals surface area (Å²) in [6, 6.07) is 7.25. The fourth-order valence-corrected chi connectivity index (χ4v) is 2.36. The number of nitrogens with one attached hydrogen (secondary N) is 1. The van der Waals surface area contributed by atoms with Crippen LogP contribution in [0, 0.1) is 12.7 Å².